The molecule has 0 aromatic heterocycles. The highest BCUT2D eigenvalue weighted by Gasteiger charge is 1.96. The van der Waals surface area contributed by atoms with Gasteiger partial charge in [-0.1, -0.05) is 52.5 Å². The summed E-state index contributed by atoms with van der Waals surface area (Å²) in [6.07, 6.45) is 11.1. The van der Waals surface area contributed by atoms with Crippen LogP contribution in [0.2, 0.25) is 0 Å². The molecule has 0 bridgehead atoms. The van der Waals surface area contributed by atoms with E-state index in [-0.39, 0.29) is 5.91 Å². The van der Waals surface area contributed by atoms with E-state index in [0.717, 1.165) is 13.0 Å². The van der Waals surface area contributed by atoms with Gasteiger partial charge in [0.2, 0.25) is 5.91 Å². The molecule has 0 aliphatic rings. The lowest BCUT2D eigenvalue weighted by molar-refractivity contribution is -0.116. The fraction of sp³-hybridized carbons (Fsp3) is 0.786. The topological polar surface area (TPSA) is 29.1 Å². The number of carbonyl (C=O) groups is 1. The van der Waals surface area contributed by atoms with Crippen molar-refractivity contribution in [3.63, 3.8) is 0 Å². The lowest BCUT2D eigenvalue weighted by atomic mass is 10.1. The predicted molar refractivity (Wildman–Crippen MR) is 70.4 cm³/mol. The van der Waals surface area contributed by atoms with Gasteiger partial charge in [0.1, 0.15) is 0 Å². The summed E-state index contributed by atoms with van der Waals surface area (Å²) in [5, 5.41) is 2.87. The third kappa shape index (κ3) is 11.3. The van der Waals surface area contributed by atoms with E-state index in [9.17, 15) is 4.79 Å². The summed E-state index contributed by atoms with van der Waals surface area (Å²) < 4.78 is 0. The van der Waals surface area contributed by atoms with E-state index >= 15 is 0 Å². The molecule has 0 atom stereocenters. The SMILES string of the molecule is CCCCCCCC=CC(=O)NCC(C)C. The van der Waals surface area contributed by atoms with Crippen molar-refractivity contribution in [2.24, 2.45) is 5.92 Å². The van der Waals surface area contributed by atoms with E-state index in [0.29, 0.717) is 5.92 Å². The lowest BCUT2D eigenvalue weighted by Gasteiger charge is -2.04. The number of unbranched alkanes of at least 4 members (excludes halogenated alkanes) is 5. The van der Waals surface area contributed by atoms with Gasteiger partial charge in [0, 0.05) is 6.54 Å². The average molecular weight is 225 g/mol. The Bertz CT molecular complexity index is 197. The number of nitrogens with one attached hydrogen (secondary N) is 1. The second kappa shape index (κ2) is 10.7. The van der Waals surface area contributed by atoms with Crippen molar-refractivity contribution in [2.45, 2.75) is 59.3 Å². The predicted octanol–water partition coefficient (Wildman–Crippen LogP) is 3.68. The third-order valence-corrected chi connectivity index (χ3v) is 2.43. The van der Waals surface area contributed by atoms with Crippen LogP contribution in [0.5, 0.6) is 0 Å². The Kier molecular flexibility index (Phi) is 10.2. The van der Waals surface area contributed by atoms with E-state index < -0.39 is 0 Å². The van der Waals surface area contributed by atoms with Gasteiger partial charge in [-0.05, 0) is 24.8 Å². The van der Waals surface area contributed by atoms with Crippen LogP contribution in [0.15, 0.2) is 12.2 Å². The van der Waals surface area contributed by atoms with Crippen LogP contribution in [0.4, 0.5) is 0 Å². The van der Waals surface area contributed by atoms with Gasteiger partial charge in [-0.3, -0.25) is 4.79 Å². The molecule has 0 spiro atoms. The van der Waals surface area contributed by atoms with Crippen LogP contribution in [0.1, 0.15) is 59.3 Å². The van der Waals surface area contributed by atoms with Gasteiger partial charge in [0.25, 0.3) is 0 Å². The molecule has 0 aliphatic heterocycles. The summed E-state index contributed by atoms with van der Waals surface area (Å²) in [7, 11) is 0. The molecule has 2 nitrogen and oxygen atoms in total. The molecular weight excluding hydrogens is 198 g/mol. The van der Waals surface area contributed by atoms with Crippen LogP contribution < -0.4 is 5.32 Å². The summed E-state index contributed by atoms with van der Waals surface area (Å²) >= 11 is 0. The fourth-order valence-electron chi connectivity index (χ4n) is 1.42. The maximum absolute atomic E-state index is 11.3. The molecule has 0 radical (unpaired) electrons. The van der Waals surface area contributed by atoms with Crippen LogP contribution in [0.3, 0.4) is 0 Å². The Morgan fingerprint density at radius 2 is 1.88 bits per heavy atom. The quantitative estimate of drug-likeness (QED) is 0.471. The first kappa shape index (κ1) is 15.2. The Hall–Kier alpha value is -0.790. The maximum atomic E-state index is 11.3. The zero-order valence-electron chi connectivity index (χ0n) is 11.1. The Morgan fingerprint density at radius 1 is 1.19 bits per heavy atom. The zero-order valence-corrected chi connectivity index (χ0v) is 11.1. The van der Waals surface area contributed by atoms with Crippen molar-refractivity contribution in [3.05, 3.63) is 12.2 Å². The number of hydrogen-bond acceptors (Lipinski definition) is 1. The molecule has 0 fully saturated rings. The second-order valence-electron chi connectivity index (χ2n) is 4.74. The summed E-state index contributed by atoms with van der Waals surface area (Å²) in [5.74, 6) is 0.564. The highest BCUT2D eigenvalue weighted by molar-refractivity contribution is 5.87. The standard InChI is InChI=1S/C14H27NO/c1-4-5-6-7-8-9-10-11-14(16)15-12-13(2)3/h10-11,13H,4-9,12H2,1-3H3,(H,15,16). The van der Waals surface area contributed by atoms with E-state index in [1.807, 2.05) is 6.08 Å². The Morgan fingerprint density at radius 3 is 2.50 bits per heavy atom. The van der Waals surface area contributed by atoms with Gasteiger partial charge in [0.05, 0.1) is 0 Å². The molecule has 16 heavy (non-hydrogen) atoms. The number of allylic oxidation sites excluding steroid dienone is 1. The molecule has 1 amide bonds. The van der Waals surface area contributed by atoms with Gasteiger partial charge < -0.3 is 5.32 Å². The normalized spacial score (nSPS) is 11.2. The highest BCUT2D eigenvalue weighted by atomic mass is 16.1. The molecule has 0 unspecified atom stereocenters. The molecule has 0 saturated carbocycles. The Balaban J connectivity index is 3.35. The van der Waals surface area contributed by atoms with Crippen LogP contribution in [-0.4, -0.2) is 12.5 Å². The van der Waals surface area contributed by atoms with Gasteiger partial charge >= 0.3 is 0 Å². The van der Waals surface area contributed by atoms with Gasteiger partial charge in [-0.25, -0.2) is 0 Å². The van der Waals surface area contributed by atoms with E-state index in [1.54, 1.807) is 6.08 Å². The maximum Gasteiger partial charge on any atom is 0.243 e. The molecule has 0 aromatic carbocycles. The molecule has 0 aromatic rings. The van der Waals surface area contributed by atoms with Crippen LogP contribution in [0, 0.1) is 5.92 Å². The number of carbonyl (C=O) groups excluding carboxylic acids is 1. The lowest BCUT2D eigenvalue weighted by Crippen LogP contribution is -2.25. The van der Waals surface area contributed by atoms with Crippen molar-refractivity contribution in [1.29, 1.82) is 0 Å². The van der Waals surface area contributed by atoms with Gasteiger partial charge in [0.15, 0.2) is 0 Å². The van der Waals surface area contributed by atoms with Crippen molar-refractivity contribution < 1.29 is 4.79 Å². The first-order valence-corrected chi connectivity index (χ1v) is 6.61. The molecule has 2 heteroatoms. The van der Waals surface area contributed by atoms with Gasteiger partial charge in [-0.15, -0.1) is 0 Å². The summed E-state index contributed by atoms with van der Waals surface area (Å²) in [4.78, 5) is 11.3. The highest BCUT2D eigenvalue weighted by Crippen LogP contribution is 2.05. The monoisotopic (exact) mass is 225 g/mol. The number of hydrogen-bond donors (Lipinski definition) is 1. The molecule has 0 rings (SSSR count). The summed E-state index contributed by atoms with van der Waals surface area (Å²) in [5.41, 5.74) is 0. The van der Waals surface area contributed by atoms with E-state index in [4.69, 9.17) is 0 Å². The first-order chi connectivity index (χ1) is 7.66. The van der Waals surface area contributed by atoms with E-state index in [2.05, 4.69) is 26.1 Å². The summed E-state index contributed by atoms with van der Waals surface area (Å²) in [6, 6.07) is 0. The van der Waals surface area contributed by atoms with Crippen molar-refractivity contribution in [1.82, 2.24) is 5.32 Å². The minimum absolute atomic E-state index is 0.0438. The van der Waals surface area contributed by atoms with Crippen LogP contribution in [0.25, 0.3) is 0 Å². The summed E-state index contributed by atoms with van der Waals surface area (Å²) in [6.45, 7) is 7.17. The molecule has 94 valence electrons. The minimum Gasteiger partial charge on any atom is -0.352 e. The molecule has 0 heterocycles. The third-order valence-electron chi connectivity index (χ3n) is 2.43. The van der Waals surface area contributed by atoms with Crippen LogP contribution >= 0.6 is 0 Å². The van der Waals surface area contributed by atoms with Crippen molar-refractivity contribution in [2.75, 3.05) is 6.54 Å². The van der Waals surface area contributed by atoms with Crippen molar-refractivity contribution >= 4 is 5.91 Å². The number of rotatable bonds is 9. The smallest absolute Gasteiger partial charge is 0.243 e. The molecule has 0 saturated heterocycles. The average Bonchev–Trinajstić information content (AvgIpc) is 2.25. The first-order valence-electron chi connectivity index (χ1n) is 6.61. The number of amides is 1. The van der Waals surface area contributed by atoms with Gasteiger partial charge in [-0.2, -0.15) is 0 Å². The second-order valence-corrected chi connectivity index (χ2v) is 4.74. The molecule has 1 N–H and O–H groups in total. The minimum atomic E-state index is 0.0438. The molecular formula is C14H27NO. The van der Waals surface area contributed by atoms with E-state index in [1.165, 1.54) is 32.1 Å². The Labute approximate surface area is 101 Å². The zero-order chi connectivity index (χ0) is 12.2. The van der Waals surface area contributed by atoms with Crippen LogP contribution in [-0.2, 0) is 4.79 Å². The van der Waals surface area contributed by atoms with Crippen molar-refractivity contribution in [3.8, 4) is 0 Å². The molecule has 0 aliphatic carbocycles. The fourth-order valence-corrected chi connectivity index (χ4v) is 1.42. The largest absolute Gasteiger partial charge is 0.352 e.